The number of hydrogen-bond donors (Lipinski definition) is 3. The van der Waals surface area contributed by atoms with E-state index in [1.165, 1.54) is 6.07 Å². The van der Waals surface area contributed by atoms with Crippen molar-refractivity contribution in [1.82, 2.24) is 10.6 Å². The second-order valence-corrected chi connectivity index (χ2v) is 9.47. The van der Waals surface area contributed by atoms with Gasteiger partial charge in [0.05, 0.1) is 12.5 Å². The van der Waals surface area contributed by atoms with Gasteiger partial charge in [-0.2, -0.15) is 0 Å². The predicted molar refractivity (Wildman–Crippen MR) is 153 cm³/mol. The molecule has 4 aromatic rings. The van der Waals surface area contributed by atoms with Gasteiger partial charge >= 0.3 is 5.97 Å². The maximum Gasteiger partial charge on any atom is 0.329 e. The Morgan fingerprint density at radius 2 is 1.23 bits per heavy atom. The highest BCUT2D eigenvalue weighted by atomic mass is 16.5. The molecule has 0 unspecified atom stereocenters. The zero-order chi connectivity index (χ0) is 28.2. The second-order valence-electron chi connectivity index (χ2n) is 9.47. The highest BCUT2D eigenvalue weighted by Crippen LogP contribution is 2.16. The van der Waals surface area contributed by atoms with Gasteiger partial charge in [0.15, 0.2) is 0 Å². The molecule has 2 amide bonds. The van der Waals surface area contributed by atoms with E-state index in [1.807, 2.05) is 66.7 Å². The number of carbonyl (C=O) groups is 3. The molecule has 7 heteroatoms. The van der Waals surface area contributed by atoms with Crippen molar-refractivity contribution in [3.8, 4) is 5.75 Å². The van der Waals surface area contributed by atoms with E-state index in [1.54, 1.807) is 42.5 Å². The quantitative estimate of drug-likeness (QED) is 0.235. The normalized spacial score (nSPS) is 12.1. The standard InChI is InChI=1S/C33H32N2O5/c36-30-19-11-10-18-27(30)22-31(37)35-29(21-25-14-6-2-7-15-25)33(39)40-23-28(20-24-12-4-1-5-13-24)34-32(38)26-16-8-3-9-17-26/h1-19,28-29,36H,20-23H2,(H,34,38)(H,35,37)/t28-,29-/m0/s1. The highest BCUT2D eigenvalue weighted by Gasteiger charge is 2.25. The summed E-state index contributed by atoms with van der Waals surface area (Å²) >= 11 is 0. The minimum atomic E-state index is -0.956. The molecule has 0 radical (unpaired) electrons. The van der Waals surface area contributed by atoms with E-state index >= 15 is 0 Å². The van der Waals surface area contributed by atoms with E-state index in [0.29, 0.717) is 17.5 Å². The smallest absolute Gasteiger partial charge is 0.329 e. The van der Waals surface area contributed by atoms with Crippen LogP contribution in [0.3, 0.4) is 0 Å². The zero-order valence-corrected chi connectivity index (χ0v) is 22.0. The molecular formula is C33H32N2O5. The summed E-state index contributed by atoms with van der Waals surface area (Å²) in [5.74, 6) is -1.29. The fraction of sp³-hybridized carbons (Fsp3) is 0.182. The van der Waals surface area contributed by atoms with Crippen molar-refractivity contribution in [2.75, 3.05) is 6.61 Å². The molecule has 40 heavy (non-hydrogen) atoms. The van der Waals surface area contributed by atoms with Crippen molar-refractivity contribution in [2.45, 2.75) is 31.3 Å². The number of benzene rings is 4. The van der Waals surface area contributed by atoms with Gasteiger partial charge in [0, 0.05) is 17.5 Å². The summed E-state index contributed by atoms with van der Waals surface area (Å²) in [7, 11) is 0. The van der Waals surface area contributed by atoms with Crippen LogP contribution in [-0.4, -0.2) is 41.6 Å². The van der Waals surface area contributed by atoms with Crippen molar-refractivity contribution < 1.29 is 24.2 Å². The van der Waals surface area contributed by atoms with E-state index in [2.05, 4.69) is 10.6 Å². The lowest BCUT2D eigenvalue weighted by Gasteiger charge is -2.22. The number of carbonyl (C=O) groups excluding carboxylic acids is 3. The van der Waals surface area contributed by atoms with Gasteiger partial charge in [-0.3, -0.25) is 9.59 Å². The molecule has 0 bridgehead atoms. The third kappa shape index (κ3) is 8.56. The Kier molecular flexibility index (Phi) is 10.0. The molecule has 4 rings (SSSR count). The van der Waals surface area contributed by atoms with Gasteiger partial charge in [-0.25, -0.2) is 4.79 Å². The van der Waals surface area contributed by atoms with E-state index in [9.17, 15) is 19.5 Å². The van der Waals surface area contributed by atoms with Crippen LogP contribution >= 0.6 is 0 Å². The van der Waals surface area contributed by atoms with Crippen LogP contribution in [0.5, 0.6) is 5.75 Å². The van der Waals surface area contributed by atoms with E-state index in [-0.39, 0.29) is 31.1 Å². The fourth-order valence-electron chi connectivity index (χ4n) is 4.31. The minimum Gasteiger partial charge on any atom is -0.508 e. The summed E-state index contributed by atoms with van der Waals surface area (Å²) < 4.78 is 5.70. The molecule has 0 heterocycles. The van der Waals surface area contributed by atoms with Crippen LogP contribution in [0.25, 0.3) is 0 Å². The summed E-state index contributed by atoms with van der Waals surface area (Å²) in [6, 6.07) is 32.9. The number of aromatic hydroxyl groups is 1. The Morgan fingerprint density at radius 3 is 1.85 bits per heavy atom. The number of phenols is 1. The summed E-state index contributed by atoms with van der Waals surface area (Å²) in [4.78, 5) is 39.1. The van der Waals surface area contributed by atoms with Crippen molar-refractivity contribution in [1.29, 1.82) is 0 Å². The Morgan fingerprint density at radius 1 is 0.675 bits per heavy atom. The lowest BCUT2D eigenvalue weighted by atomic mass is 10.0. The average Bonchev–Trinajstić information content (AvgIpc) is 2.98. The van der Waals surface area contributed by atoms with Crippen LogP contribution in [0.4, 0.5) is 0 Å². The van der Waals surface area contributed by atoms with E-state index < -0.39 is 24.0 Å². The molecule has 0 aliphatic rings. The molecule has 2 atom stereocenters. The number of amides is 2. The molecule has 7 nitrogen and oxygen atoms in total. The first-order chi connectivity index (χ1) is 19.5. The maximum atomic E-state index is 13.3. The van der Waals surface area contributed by atoms with E-state index in [4.69, 9.17) is 4.74 Å². The van der Waals surface area contributed by atoms with Crippen LogP contribution in [0, 0.1) is 0 Å². The monoisotopic (exact) mass is 536 g/mol. The van der Waals surface area contributed by atoms with Gasteiger partial charge in [-0.1, -0.05) is 97.1 Å². The molecule has 0 aliphatic carbocycles. The van der Waals surface area contributed by atoms with Crippen LogP contribution in [0.15, 0.2) is 115 Å². The number of phenolic OH excluding ortho intramolecular Hbond substituents is 1. The maximum absolute atomic E-state index is 13.3. The highest BCUT2D eigenvalue weighted by molar-refractivity contribution is 5.94. The Balaban J connectivity index is 1.46. The van der Waals surface area contributed by atoms with Gasteiger partial charge < -0.3 is 20.5 Å². The molecule has 0 fully saturated rings. The number of ether oxygens (including phenoxy) is 1. The fourth-order valence-corrected chi connectivity index (χ4v) is 4.31. The van der Waals surface area contributed by atoms with Gasteiger partial charge in [-0.05, 0) is 35.7 Å². The minimum absolute atomic E-state index is 0.0118. The molecule has 0 aliphatic heterocycles. The first-order valence-electron chi connectivity index (χ1n) is 13.1. The van der Waals surface area contributed by atoms with Gasteiger partial charge in [0.2, 0.25) is 5.91 Å². The van der Waals surface area contributed by atoms with Crippen LogP contribution in [-0.2, 0) is 33.6 Å². The first kappa shape index (κ1) is 28.1. The van der Waals surface area contributed by atoms with Crippen molar-refractivity contribution >= 4 is 17.8 Å². The number of esters is 1. The predicted octanol–water partition coefficient (Wildman–Crippen LogP) is 4.25. The van der Waals surface area contributed by atoms with Gasteiger partial charge in [-0.15, -0.1) is 0 Å². The van der Waals surface area contributed by atoms with Crippen molar-refractivity contribution in [3.63, 3.8) is 0 Å². The van der Waals surface area contributed by atoms with Crippen LogP contribution < -0.4 is 10.6 Å². The molecule has 0 saturated carbocycles. The molecular weight excluding hydrogens is 504 g/mol. The summed E-state index contributed by atoms with van der Waals surface area (Å²) in [5.41, 5.74) is 2.79. The Hall–Kier alpha value is -4.91. The SMILES string of the molecule is O=C(Cc1ccccc1O)N[C@@H](Cc1ccccc1)C(=O)OC[C@H](Cc1ccccc1)NC(=O)c1ccccc1. The zero-order valence-electron chi connectivity index (χ0n) is 22.0. The van der Waals surface area contributed by atoms with Gasteiger partial charge in [0.25, 0.3) is 5.91 Å². The van der Waals surface area contributed by atoms with Crippen LogP contribution in [0.2, 0.25) is 0 Å². The molecule has 0 aromatic heterocycles. The summed E-state index contributed by atoms with van der Waals surface area (Å²) in [5, 5.41) is 15.8. The molecule has 3 N–H and O–H groups in total. The molecule has 0 saturated heterocycles. The molecule has 4 aromatic carbocycles. The molecule has 0 spiro atoms. The third-order valence-electron chi connectivity index (χ3n) is 6.37. The lowest BCUT2D eigenvalue weighted by Crippen LogP contribution is -2.46. The summed E-state index contributed by atoms with van der Waals surface area (Å²) in [6.07, 6.45) is 0.594. The topological polar surface area (TPSA) is 105 Å². The first-order valence-corrected chi connectivity index (χ1v) is 13.1. The second kappa shape index (κ2) is 14.3. The Labute approximate surface area is 233 Å². The van der Waals surface area contributed by atoms with Crippen LogP contribution in [0.1, 0.15) is 27.0 Å². The average molecular weight is 537 g/mol. The molecule has 204 valence electrons. The van der Waals surface area contributed by atoms with E-state index in [0.717, 1.165) is 11.1 Å². The number of rotatable bonds is 12. The summed E-state index contributed by atoms with van der Waals surface area (Å²) in [6.45, 7) is -0.0765. The third-order valence-corrected chi connectivity index (χ3v) is 6.37. The number of para-hydroxylation sites is 1. The Bertz CT molecular complexity index is 1390. The number of nitrogens with one attached hydrogen (secondary N) is 2. The van der Waals surface area contributed by atoms with Crippen molar-refractivity contribution in [3.05, 3.63) is 138 Å². The largest absolute Gasteiger partial charge is 0.508 e. The van der Waals surface area contributed by atoms with Crippen molar-refractivity contribution in [2.24, 2.45) is 0 Å². The lowest BCUT2D eigenvalue weighted by molar-refractivity contribution is -0.148. The number of hydrogen-bond acceptors (Lipinski definition) is 5. The van der Waals surface area contributed by atoms with Gasteiger partial charge in [0.1, 0.15) is 18.4 Å².